The Kier molecular flexibility index (Phi) is 5.30. The molecule has 0 aromatic carbocycles. The first-order valence-electron chi connectivity index (χ1n) is 11.1. The summed E-state index contributed by atoms with van der Waals surface area (Å²) in [5.41, 5.74) is 6.25. The number of oxime groups is 1. The van der Waals surface area contributed by atoms with Gasteiger partial charge in [0.2, 0.25) is 0 Å². The minimum atomic E-state index is -0.981. The van der Waals surface area contributed by atoms with E-state index in [9.17, 15) is 5.11 Å². The van der Waals surface area contributed by atoms with Crippen LogP contribution in [0.4, 0.5) is 4.39 Å². The number of nitrogens with zero attached hydrogens (tertiary/aromatic N) is 1. The molecule has 4 saturated carbocycles. The van der Waals surface area contributed by atoms with E-state index in [2.05, 4.69) is 19.0 Å². The maximum absolute atomic E-state index is 15.1. The molecule has 5 heteroatoms. The molecule has 27 heavy (non-hydrogen) atoms. The fourth-order valence-electron chi connectivity index (χ4n) is 7.42. The van der Waals surface area contributed by atoms with E-state index in [1.54, 1.807) is 0 Å². The highest BCUT2D eigenvalue weighted by atomic mass is 19.1. The molecule has 0 aromatic rings. The molecule has 8 atom stereocenters. The van der Waals surface area contributed by atoms with Gasteiger partial charge in [-0.15, -0.1) is 0 Å². The van der Waals surface area contributed by atoms with Crippen molar-refractivity contribution in [2.45, 2.75) is 83.9 Å². The predicted molar refractivity (Wildman–Crippen MR) is 105 cm³/mol. The fraction of sp³-hybridized carbons (Fsp3) is 0.955. The summed E-state index contributed by atoms with van der Waals surface area (Å²) in [6, 6.07) is 0. The lowest BCUT2D eigenvalue weighted by Crippen LogP contribution is -2.55. The third-order valence-corrected chi connectivity index (χ3v) is 9.07. The van der Waals surface area contributed by atoms with Crippen LogP contribution in [0.1, 0.15) is 71.6 Å². The highest BCUT2D eigenvalue weighted by Crippen LogP contribution is 2.66. The van der Waals surface area contributed by atoms with Gasteiger partial charge in [-0.25, -0.2) is 4.39 Å². The van der Waals surface area contributed by atoms with Gasteiger partial charge in [-0.05, 0) is 98.8 Å². The van der Waals surface area contributed by atoms with Crippen LogP contribution in [0.2, 0.25) is 0 Å². The van der Waals surface area contributed by atoms with Gasteiger partial charge in [0, 0.05) is 0 Å². The molecule has 0 spiro atoms. The highest BCUT2D eigenvalue weighted by molar-refractivity contribution is 5.89. The number of aliphatic hydroxyl groups is 1. The molecule has 4 nitrogen and oxygen atoms in total. The Bertz CT molecular complexity index is 585. The minimum Gasteiger partial charge on any atom is -0.396 e. The summed E-state index contributed by atoms with van der Waals surface area (Å²) in [5.74, 6) is 2.39. The second-order valence-corrected chi connectivity index (χ2v) is 10.2. The van der Waals surface area contributed by atoms with Crippen LogP contribution in [0.5, 0.6) is 0 Å². The van der Waals surface area contributed by atoms with Gasteiger partial charge in [0.05, 0.1) is 11.8 Å². The molecule has 4 fully saturated rings. The molecule has 4 aliphatic rings. The lowest BCUT2D eigenvalue weighted by Gasteiger charge is -2.60. The Hall–Kier alpha value is -0.680. The second-order valence-electron chi connectivity index (χ2n) is 10.2. The van der Waals surface area contributed by atoms with Crippen molar-refractivity contribution in [1.29, 1.82) is 0 Å². The first kappa shape index (κ1) is 19.6. The van der Waals surface area contributed by atoms with Crippen molar-refractivity contribution in [3.63, 3.8) is 0 Å². The molecule has 0 bridgehead atoms. The first-order valence-corrected chi connectivity index (χ1v) is 11.1. The molecule has 154 valence electrons. The van der Waals surface area contributed by atoms with E-state index in [1.807, 2.05) is 0 Å². The van der Waals surface area contributed by atoms with Crippen LogP contribution in [0.25, 0.3) is 0 Å². The van der Waals surface area contributed by atoms with Crippen molar-refractivity contribution in [2.24, 2.45) is 45.4 Å². The van der Waals surface area contributed by atoms with Crippen molar-refractivity contribution in [2.75, 3.05) is 13.2 Å². The van der Waals surface area contributed by atoms with Crippen molar-refractivity contribution in [1.82, 2.24) is 0 Å². The first-order chi connectivity index (χ1) is 12.9. The summed E-state index contributed by atoms with van der Waals surface area (Å²) in [4.78, 5) is 5.33. The van der Waals surface area contributed by atoms with Crippen LogP contribution in [0.15, 0.2) is 5.16 Å². The zero-order valence-corrected chi connectivity index (χ0v) is 17.0. The van der Waals surface area contributed by atoms with Crippen LogP contribution in [-0.4, -0.2) is 36.2 Å². The third-order valence-electron chi connectivity index (χ3n) is 9.07. The van der Waals surface area contributed by atoms with E-state index < -0.39 is 6.17 Å². The minimum absolute atomic E-state index is 0.0630. The van der Waals surface area contributed by atoms with Crippen LogP contribution in [0.3, 0.4) is 0 Å². The number of alkyl halides is 1. The van der Waals surface area contributed by atoms with Crippen LogP contribution < -0.4 is 5.73 Å². The van der Waals surface area contributed by atoms with Crippen LogP contribution >= 0.6 is 0 Å². The SMILES string of the molecule is C[C@]12CC[C@H]3[C@@H](CCC4C/C(=N\OCCCN)[C@H](F)C[C@@]43C)[C@@H]1CC[C@@H]2O. The van der Waals surface area contributed by atoms with E-state index in [0.717, 1.165) is 44.9 Å². The quantitative estimate of drug-likeness (QED) is 0.571. The van der Waals surface area contributed by atoms with Gasteiger partial charge in [0.1, 0.15) is 12.8 Å². The number of nitrogens with two attached hydrogens (primary N) is 1. The van der Waals surface area contributed by atoms with E-state index in [-0.39, 0.29) is 16.9 Å². The van der Waals surface area contributed by atoms with E-state index in [1.165, 1.54) is 6.42 Å². The molecular weight excluding hydrogens is 343 g/mol. The van der Waals surface area contributed by atoms with Crippen molar-refractivity contribution in [3.05, 3.63) is 0 Å². The number of hydrogen-bond donors (Lipinski definition) is 2. The molecule has 0 aromatic heterocycles. The van der Waals surface area contributed by atoms with Gasteiger partial charge in [0.15, 0.2) is 0 Å². The molecule has 4 aliphatic carbocycles. The van der Waals surface area contributed by atoms with Gasteiger partial charge in [-0.1, -0.05) is 19.0 Å². The molecule has 0 amide bonds. The van der Waals surface area contributed by atoms with Gasteiger partial charge in [-0.3, -0.25) is 0 Å². The zero-order chi connectivity index (χ0) is 19.2. The van der Waals surface area contributed by atoms with Crippen molar-refractivity contribution in [3.8, 4) is 0 Å². The molecule has 4 rings (SSSR count). The number of halogens is 1. The standard InChI is InChI=1S/C22H37FN2O2/c1-21-9-8-17-15(16(21)6-7-20(21)26)5-4-14-12-19(25-27-11-3-10-24)18(23)13-22(14,17)2/h14-18,20,26H,3-13,24H2,1-2H3/b25-19+/t14?,15-,16-,17-,18+,20-,21-,22-/m0/s1. The van der Waals surface area contributed by atoms with Crippen LogP contribution in [-0.2, 0) is 4.84 Å². The molecule has 0 saturated heterocycles. The Morgan fingerprint density at radius 2 is 1.93 bits per heavy atom. The summed E-state index contributed by atoms with van der Waals surface area (Å²) < 4.78 is 15.1. The average Bonchev–Trinajstić information content (AvgIpc) is 2.94. The Morgan fingerprint density at radius 1 is 1.15 bits per heavy atom. The second kappa shape index (κ2) is 7.29. The van der Waals surface area contributed by atoms with Crippen LogP contribution in [0, 0.1) is 34.5 Å². The summed E-state index contributed by atoms with van der Waals surface area (Å²) in [6.45, 7) is 5.70. The van der Waals surface area contributed by atoms with E-state index in [4.69, 9.17) is 10.6 Å². The molecule has 1 unspecified atom stereocenters. The maximum atomic E-state index is 15.1. The number of fused-ring (bicyclic) bond motifs is 5. The third kappa shape index (κ3) is 3.13. The Balaban J connectivity index is 1.50. The lowest BCUT2D eigenvalue weighted by molar-refractivity contribution is -0.118. The van der Waals surface area contributed by atoms with E-state index in [0.29, 0.717) is 49.0 Å². The molecule has 0 aliphatic heterocycles. The maximum Gasteiger partial charge on any atom is 0.142 e. The topological polar surface area (TPSA) is 67.8 Å². The zero-order valence-electron chi connectivity index (χ0n) is 17.0. The summed E-state index contributed by atoms with van der Waals surface area (Å²) in [5, 5.41) is 14.7. The number of aliphatic hydroxyl groups excluding tert-OH is 1. The number of rotatable bonds is 4. The average molecular weight is 381 g/mol. The smallest absolute Gasteiger partial charge is 0.142 e. The van der Waals surface area contributed by atoms with Crippen molar-refractivity contribution < 1.29 is 14.3 Å². The van der Waals surface area contributed by atoms with Gasteiger partial charge >= 0.3 is 0 Å². The fourth-order valence-corrected chi connectivity index (χ4v) is 7.42. The normalized spacial score (nSPS) is 50.8. The molecule has 0 heterocycles. The lowest BCUT2D eigenvalue weighted by atomic mass is 9.45. The molecule has 0 radical (unpaired) electrons. The van der Waals surface area contributed by atoms with Gasteiger partial charge in [-0.2, -0.15) is 0 Å². The Morgan fingerprint density at radius 3 is 2.70 bits per heavy atom. The summed E-state index contributed by atoms with van der Waals surface area (Å²) in [7, 11) is 0. The summed E-state index contributed by atoms with van der Waals surface area (Å²) in [6.07, 6.45) is 7.71. The van der Waals surface area contributed by atoms with Gasteiger partial charge in [0.25, 0.3) is 0 Å². The van der Waals surface area contributed by atoms with Crippen molar-refractivity contribution >= 4 is 5.71 Å². The molecule has 3 N–H and O–H groups in total. The highest BCUT2D eigenvalue weighted by Gasteiger charge is 2.60. The predicted octanol–water partition coefficient (Wildman–Crippen LogP) is 4.06. The monoisotopic (exact) mass is 380 g/mol. The number of hydrogen-bond acceptors (Lipinski definition) is 4. The largest absolute Gasteiger partial charge is 0.396 e. The van der Waals surface area contributed by atoms with E-state index >= 15 is 4.39 Å². The molecular formula is C22H37FN2O2. The Labute approximate surface area is 163 Å². The van der Waals surface area contributed by atoms with Gasteiger partial charge < -0.3 is 15.7 Å². The summed E-state index contributed by atoms with van der Waals surface area (Å²) >= 11 is 0.